The predicted molar refractivity (Wildman–Crippen MR) is 169 cm³/mol. The predicted octanol–water partition coefficient (Wildman–Crippen LogP) is 3.63. The summed E-state index contributed by atoms with van der Waals surface area (Å²) in [6.07, 6.45) is 0.987. The number of aliphatic hydroxyl groups excluding tert-OH is 1. The van der Waals surface area contributed by atoms with Crippen molar-refractivity contribution in [2.24, 2.45) is 0 Å². The van der Waals surface area contributed by atoms with E-state index in [0.29, 0.717) is 85.9 Å². The van der Waals surface area contributed by atoms with E-state index in [2.05, 4.69) is 39.9 Å². The Bertz CT molecular complexity index is 610. The van der Waals surface area contributed by atoms with Crippen molar-refractivity contribution in [1.29, 1.82) is 0 Å². The molecular formula is C32H67NO10. The number of aliphatic hydroxyl groups is 1. The third kappa shape index (κ3) is 34.3. The Balaban J connectivity index is 3.54. The summed E-state index contributed by atoms with van der Waals surface area (Å²) in [5.74, 6) is 0. The Morgan fingerprint density at radius 1 is 0.558 bits per heavy atom. The molecule has 0 aliphatic carbocycles. The highest BCUT2D eigenvalue weighted by molar-refractivity contribution is 4.71. The van der Waals surface area contributed by atoms with Crippen molar-refractivity contribution in [3.63, 3.8) is 0 Å². The van der Waals surface area contributed by atoms with E-state index in [9.17, 15) is 5.11 Å². The van der Waals surface area contributed by atoms with Crippen LogP contribution in [-0.4, -0.2) is 140 Å². The number of hydrogen-bond donors (Lipinski definition) is 2. The molecule has 0 saturated heterocycles. The molecule has 0 spiro atoms. The molecule has 0 fully saturated rings. The maximum atomic E-state index is 10.1. The van der Waals surface area contributed by atoms with Crippen LogP contribution in [0.1, 0.15) is 75.2 Å². The SMILES string of the molecule is C[C@H](CCC(C)(C)OCCOCCOCCOCCOCCNC(C)(C)C)OCC(O)COCCOCCOC(C)(C)C. The van der Waals surface area contributed by atoms with E-state index in [1.54, 1.807) is 0 Å². The molecule has 0 aliphatic rings. The van der Waals surface area contributed by atoms with Gasteiger partial charge in [0.15, 0.2) is 0 Å². The summed E-state index contributed by atoms with van der Waals surface area (Å²) in [5.41, 5.74) is -0.336. The van der Waals surface area contributed by atoms with Crippen molar-refractivity contribution in [3.8, 4) is 0 Å². The molecule has 11 heteroatoms. The van der Waals surface area contributed by atoms with E-state index < -0.39 is 6.10 Å². The van der Waals surface area contributed by atoms with Crippen LogP contribution >= 0.6 is 0 Å². The molecule has 11 nitrogen and oxygen atoms in total. The van der Waals surface area contributed by atoms with Crippen LogP contribution in [-0.2, 0) is 42.6 Å². The lowest BCUT2D eigenvalue weighted by atomic mass is 10.0. The van der Waals surface area contributed by atoms with Gasteiger partial charge in [-0.1, -0.05) is 0 Å². The van der Waals surface area contributed by atoms with Crippen LogP contribution in [0.5, 0.6) is 0 Å². The Hall–Kier alpha value is -0.440. The molecule has 0 radical (unpaired) electrons. The molecule has 43 heavy (non-hydrogen) atoms. The zero-order chi connectivity index (χ0) is 32.5. The molecule has 1 unspecified atom stereocenters. The summed E-state index contributed by atoms with van der Waals surface area (Å²) in [5, 5.41) is 13.5. The lowest BCUT2D eigenvalue weighted by molar-refractivity contribution is -0.0749. The van der Waals surface area contributed by atoms with Crippen LogP contribution in [0, 0.1) is 0 Å². The second kappa shape index (κ2) is 25.7. The van der Waals surface area contributed by atoms with E-state index >= 15 is 0 Å². The minimum atomic E-state index is -0.671. The monoisotopic (exact) mass is 625 g/mol. The Labute approximate surface area is 262 Å². The first-order valence-electron chi connectivity index (χ1n) is 16.0. The summed E-state index contributed by atoms with van der Waals surface area (Å²) in [7, 11) is 0. The van der Waals surface area contributed by atoms with Gasteiger partial charge in [0, 0.05) is 12.1 Å². The van der Waals surface area contributed by atoms with Gasteiger partial charge in [-0.05, 0) is 75.2 Å². The van der Waals surface area contributed by atoms with Gasteiger partial charge in [-0.15, -0.1) is 0 Å². The lowest BCUT2D eigenvalue weighted by Crippen LogP contribution is -2.38. The Kier molecular flexibility index (Phi) is 25.5. The smallest absolute Gasteiger partial charge is 0.101 e. The first-order valence-corrected chi connectivity index (χ1v) is 16.0. The van der Waals surface area contributed by atoms with E-state index in [1.807, 2.05) is 27.7 Å². The highest BCUT2D eigenvalue weighted by Crippen LogP contribution is 2.19. The maximum Gasteiger partial charge on any atom is 0.101 e. The van der Waals surface area contributed by atoms with Gasteiger partial charge in [-0.3, -0.25) is 0 Å². The largest absolute Gasteiger partial charge is 0.388 e. The molecule has 260 valence electrons. The van der Waals surface area contributed by atoms with Gasteiger partial charge in [0.2, 0.25) is 0 Å². The first-order chi connectivity index (χ1) is 20.2. The van der Waals surface area contributed by atoms with Gasteiger partial charge in [0.1, 0.15) is 6.10 Å². The fraction of sp³-hybridized carbons (Fsp3) is 1.00. The Morgan fingerprint density at radius 3 is 1.49 bits per heavy atom. The van der Waals surface area contributed by atoms with Gasteiger partial charge in [-0.25, -0.2) is 0 Å². The van der Waals surface area contributed by atoms with Gasteiger partial charge < -0.3 is 53.1 Å². The topological polar surface area (TPSA) is 115 Å². The van der Waals surface area contributed by atoms with Crippen LogP contribution in [0.4, 0.5) is 0 Å². The zero-order valence-corrected chi connectivity index (χ0v) is 29.0. The number of nitrogens with one attached hydrogen (secondary N) is 1. The normalized spacial score (nSPS) is 14.4. The summed E-state index contributed by atoms with van der Waals surface area (Å²) in [6, 6.07) is 0. The molecule has 0 bridgehead atoms. The average Bonchev–Trinajstić information content (AvgIpc) is 2.90. The quantitative estimate of drug-likeness (QED) is 0.114. The van der Waals surface area contributed by atoms with Gasteiger partial charge >= 0.3 is 0 Å². The average molecular weight is 626 g/mol. The minimum absolute atomic E-state index is 0.00399. The summed E-state index contributed by atoms with van der Waals surface area (Å²) < 4.78 is 50.5. The molecule has 0 amide bonds. The number of rotatable bonds is 30. The number of hydrogen-bond acceptors (Lipinski definition) is 11. The fourth-order valence-electron chi connectivity index (χ4n) is 3.51. The molecule has 2 atom stereocenters. The third-order valence-corrected chi connectivity index (χ3v) is 5.91. The van der Waals surface area contributed by atoms with Crippen LogP contribution in [0.15, 0.2) is 0 Å². The molecule has 0 aromatic heterocycles. The van der Waals surface area contributed by atoms with Crippen molar-refractivity contribution >= 4 is 0 Å². The maximum absolute atomic E-state index is 10.1. The van der Waals surface area contributed by atoms with Crippen molar-refractivity contribution < 1.29 is 47.7 Å². The summed E-state index contributed by atoms with van der Waals surface area (Å²) >= 11 is 0. The van der Waals surface area contributed by atoms with Crippen LogP contribution in [0.3, 0.4) is 0 Å². The van der Waals surface area contributed by atoms with Gasteiger partial charge in [0.25, 0.3) is 0 Å². The Morgan fingerprint density at radius 2 is 1.00 bits per heavy atom. The van der Waals surface area contributed by atoms with Crippen LogP contribution in [0.25, 0.3) is 0 Å². The van der Waals surface area contributed by atoms with Crippen molar-refractivity contribution in [1.82, 2.24) is 5.32 Å². The molecule has 0 aliphatic heterocycles. The van der Waals surface area contributed by atoms with E-state index in [0.717, 1.165) is 19.4 Å². The standard InChI is InChI=1S/C32H67NO10/c1-28(41-27-29(34)26-40-21-20-39-22-24-42-31(5,6)7)10-11-32(8,9)43-25-23-38-19-18-37-17-16-36-15-14-35-13-12-33-30(2,3)4/h28-29,33-34H,10-27H2,1-9H3/t28-,29?/m1/s1. The minimum Gasteiger partial charge on any atom is -0.388 e. The van der Waals surface area contributed by atoms with E-state index in [4.69, 9.17) is 42.6 Å². The van der Waals surface area contributed by atoms with Gasteiger partial charge in [-0.2, -0.15) is 0 Å². The second-order valence-corrected chi connectivity index (χ2v) is 13.2. The van der Waals surface area contributed by atoms with E-state index in [-0.39, 0.29) is 36.1 Å². The van der Waals surface area contributed by atoms with Crippen LogP contribution in [0.2, 0.25) is 0 Å². The van der Waals surface area contributed by atoms with Crippen molar-refractivity contribution in [2.45, 2.75) is 104 Å². The highest BCUT2D eigenvalue weighted by atomic mass is 16.6. The zero-order valence-electron chi connectivity index (χ0n) is 29.0. The lowest BCUT2D eigenvalue weighted by Gasteiger charge is -2.27. The first kappa shape index (κ1) is 42.6. The summed E-state index contributed by atoms with van der Waals surface area (Å²) in [6.45, 7) is 26.8. The molecule has 0 aromatic carbocycles. The fourth-order valence-corrected chi connectivity index (χ4v) is 3.51. The molecule has 0 aromatic rings. The molecule has 0 rings (SSSR count). The van der Waals surface area contributed by atoms with E-state index in [1.165, 1.54) is 0 Å². The van der Waals surface area contributed by atoms with Crippen molar-refractivity contribution in [2.75, 3.05) is 106 Å². The second-order valence-electron chi connectivity index (χ2n) is 13.2. The van der Waals surface area contributed by atoms with Crippen LogP contribution < -0.4 is 5.32 Å². The number of ether oxygens (including phenoxy) is 9. The van der Waals surface area contributed by atoms with Gasteiger partial charge in [0.05, 0.1) is 116 Å². The third-order valence-electron chi connectivity index (χ3n) is 5.91. The summed E-state index contributed by atoms with van der Waals surface area (Å²) in [4.78, 5) is 0. The molecule has 2 N–H and O–H groups in total. The molecule has 0 saturated carbocycles. The molecular weight excluding hydrogens is 558 g/mol. The van der Waals surface area contributed by atoms with Crippen molar-refractivity contribution in [3.05, 3.63) is 0 Å². The highest BCUT2D eigenvalue weighted by Gasteiger charge is 2.20. The molecule has 0 heterocycles.